The van der Waals surface area contributed by atoms with Gasteiger partial charge in [-0.25, -0.2) is 18.7 Å². The topological polar surface area (TPSA) is 72.3 Å². The van der Waals surface area contributed by atoms with Gasteiger partial charge in [0.05, 0.1) is 12.5 Å². The number of hydrogen-bond donors (Lipinski definition) is 1. The van der Waals surface area contributed by atoms with Crippen molar-refractivity contribution in [1.82, 2.24) is 9.97 Å². The monoisotopic (exact) mass is 302 g/mol. The molecular formula is C14H20F2N2O3. The number of carboxylic acids is 1. The van der Waals surface area contributed by atoms with Gasteiger partial charge < -0.3 is 9.84 Å². The minimum atomic E-state index is -2.48. The summed E-state index contributed by atoms with van der Waals surface area (Å²) in [6.07, 6.45) is -1.76. The van der Waals surface area contributed by atoms with Crippen LogP contribution in [0.4, 0.5) is 8.78 Å². The smallest absolute Gasteiger partial charge is 0.306 e. The summed E-state index contributed by atoms with van der Waals surface area (Å²) in [6, 6.07) is 0. The highest BCUT2D eigenvalue weighted by atomic mass is 19.3. The lowest BCUT2D eigenvalue weighted by molar-refractivity contribution is -0.141. The van der Waals surface area contributed by atoms with E-state index in [1.54, 1.807) is 20.8 Å². The van der Waals surface area contributed by atoms with Gasteiger partial charge >= 0.3 is 5.97 Å². The van der Waals surface area contributed by atoms with Crippen molar-refractivity contribution >= 4 is 5.97 Å². The lowest BCUT2D eigenvalue weighted by Crippen LogP contribution is -2.16. The van der Waals surface area contributed by atoms with Crippen LogP contribution >= 0.6 is 0 Å². The first-order valence-electron chi connectivity index (χ1n) is 6.73. The van der Waals surface area contributed by atoms with Gasteiger partial charge in [-0.1, -0.05) is 6.92 Å². The van der Waals surface area contributed by atoms with Crippen molar-refractivity contribution in [3.8, 4) is 0 Å². The van der Waals surface area contributed by atoms with Gasteiger partial charge in [0, 0.05) is 17.8 Å². The van der Waals surface area contributed by atoms with Crippen LogP contribution in [-0.4, -0.2) is 40.7 Å². The zero-order valence-corrected chi connectivity index (χ0v) is 12.4. The largest absolute Gasteiger partial charge is 0.481 e. The Bertz CT molecular complexity index is 472. The molecule has 0 radical (unpaired) electrons. The predicted octanol–water partition coefficient (Wildman–Crippen LogP) is 2.18. The van der Waals surface area contributed by atoms with Crippen LogP contribution in [0.15, 0.2) is 0 Å². The Balaban J connectivity index is 2.68. The van der Waals surface area contributed by atoms with E-state index in [-0.39, 0.29) is 6.61 Å². The fourth-order valence-electron chi connectivity index (χ4n) is 1.95. The molecule has 7 heteroatoms. The Morgan fingerprint density at radius 3 is 2.33 bits per heavy atom. The molecule has 1 aromatic rings. The molecule has 1 atom stereocenters. The minimum Gasteiger partial charge on any atom is -0.481 e. The van der Waals surface area contributed by atoms with Crippen LogP contribution in [0.2, 0.25) is 0 Å². The first kappa shape index (κ1) is 17.4. The third kappa shape index (κ3) is 5.71. The lowest BCUT2D eigenvalue weighted by atomic mass is 9.99. The summed E-state index contributed by atoms with van der Waals surface area (Å²) in [4.78, 5) is 19.5. The number of hydrogen-bond acceptors (Lipinski definition) is 4. The van der Waals surface area contributed by atoms with Gasteiger partial charge in [0.25, 0.3) is 6.43 Å². The maximum absolute atomic E-state index is 11.9. The molecule has 0 aliphatic heterocycles. The molecule has 21 heavy (non-hydrogen) atoms. The van der Waals surface area contributed by atoms with Crippen molar-refractivity contribution in [2.24, 2.45) is 5.92 Å². The molecule has 0 aliphatic rings. The summed E-state index contributed by atoms with van der Waals surface area (Å²) in [5.74, 6) is -0.851. The molecule has 1 aromatic heterocycles. The first-order valence-corrected chi connectivity index (χ1v) is 6.73. The number of aliphatic carboxylic acids is 1. The fourth-order valence-corrected chi connectivity index (χ4v) is 1.95. The first-order chi connectivity index (χ1) is 9.81. The molecule has 1 heterocycles. The van der Waals surface area contributed by atoms with E-state index >= 15 is 0 Å². The van der Waals surface area contributed by atoms with Crippen molar-refractivity contribution in [3.05, 3.63) is 22.8 Å². The molecule has 118 valence electrons. The third-order valence-electron chi connectivity index (χ3n) is 3.11. The van der Waals surface area contributed by atoms with Crippen LogP contribution in [0.5, 0.6) is 0 Å². The predicted molar refractivity (Wildman–Crippen MR) is 72.5 cm³/mol. The van der Waals surface area contributed by atoms with Gasteiger partial charge in [-0.3, -0.25) is 4.79 Å². The van der Waals surface area contributed by atoms with E-state index in [0.717, 1.165) is 17.0 Å². The fraction of sp³-hybridized carbons (Fsp3) is 0.643. The number of carbonyl (C=O) groups is 1. The number of nitrogens with zero attached hydrogens (tertiary/aromatic N) is 2. The van der Waals surface area contributed by atoms with Crippen LogP contribution in [-0.2, 0) is 22.4 Å². The van der Waals surface area contributed by atoms with Crippen molar-refractivity contribution < 1.29 is 23.4 Å². The van der Waals surface area contributed by atoms with E-state index in [0.29, 0.717) is 18.7 Å². The Hall–Kier alpha value is -1.63. The van der Waals surface area contributed by atoms with Crippen LogP contribution in [0.25, 0.3) is 0 Å². The van der Waals surface area contributed by atoms with Gasteiger partial charge in [0.2, 0.25) is 0 Å². The van der Waals surface area contributed by atoms with E-state index in [2.05, 4.69) is 9.97 Å². The van der Waals surface area contributed by atoms with Gasteiger partial charge in [0.1, 0.15) is 12.4 Å². The van der Waals surface area contributed by atoms with Crippen LogP contribution in [0.3, 0.4) is 0 Å². The molecule has 5 nitrogen and oxygen atoms in total. The molecule has 1 unspecified atom stereocenters. The van der Waals surface area contributed by atoms with Crippen molar-refractivity contribution in [2.75, 3.05) is 13.2 Å². The number of ether oxygens (including phenoxy) is 1. The average Bonchev–Trinajstić information content (AvgIpc) is 2.38. The van der Waals surface area contributed by atoms with E-state index in [9.17, 15) is 13.6 Å². The highest BCUT2D eigenvalue weighted by Crippen LogP contribution is 2.16. The molecule has 0 amide bonds. The quantitative estimate of drug-likeness (QED) is 0.745. The van der Waals surface area contributed by atoms with Crippen LogP contribution in [0, 0.1) is 19.8 Å². The third-order valence-corrected chi connectivity index (χ3v) is 3.11. The second kappa shape index (κ2) is 7.97. The molecule has 0 saturated heterocycles. The second-order valence-electron chi connectivity index (χ2n) is 4.95. The summed E-state index contributed by atoms with van der Waals surface area (Å²) >= 11 is 0. The lowest BCUT2D eigenvalue weighted by Gasteiger charge is -2.13. The van der Waals surface area contributed by atoms with Crippen molar-refractivity contribution in [1.29, 1.82) is 0 Å². The Morgan fingerprint density at radius 1 is 1.29 bits per heavy atom. The maximum Gasteiger partial charge on any atom is 0.306 e. The number of aryl methyl sites for hydroxylation is 2. The highest BCUT2D eigenvalue weighted by molar-refractivity contribution is 5.70. The average molecular weight is 302 g/mol. The second-order valence-corrected chi connectivity index (χ2v) is 4.95. The molecular weight excluding hydrogens is 282 g/mol. The molecule has 0 aromatic carbocycles. The molecule has 0 saturated carbocycles. The molecule has 1 rings (SSSR count). The van der Waals surface area contributed by atoms with Crippen LogP contribution < -0.4 is 0 Å². The zero-order valence-electron chi connectivity index (χ0n) is 12.4. The summed E-state index contributed by atoms with van der Waals surface area (Å²) in [6.45, 7) is 4.76. The van der Waals surface area contributed by atoms with Crippen LogP contribution in [0.1, 0.15) is 29.7 Å². The Labute approximate surface area is 122 Å². The van der Waals surface area contributed by atoms with E-state index < -0.39 is 24.9 Å². The van der Waals surface area contributed by atoms with Crippen molar-refractivity contribution in [2.45, 2.75) is 40.0 Å². The van der Waals surface area contributed by atoms with E-state index in [1.165, 1.54) is 0 Å². The Morgan fingerprint density at radius 2 is 1.86 bits per heavy atom. The summed E-state index contributed by atoms with van der Waals surface area (Å²) in [7, 11) is 0. The summed E-state index contributed by atoms with van der Waals surface area (Å²) in [5, 5.41) is 8.95. The molecule has 0 fully saturated rings. The number of alkyl halides is 2. The highest BCUT2D eigenvalue weighted by Gasteiger charge is 2.16. The molecule has 0 aliphatic carbocycles. The number of carboxylic acid groups (broad SMARTS) is 1. The van der Waals surface area contributed by atoms with Gasteiger partial charge in [-0.2, -0.15) is 0 Å². The standard InChI is InChI=1S/C14H20F2N2O3/c1-8(14(19)20)6-11-9(2)17-13(18-10(11)3)4-5-21-7-12(15)16/h8,12H,4-7H2,1-3H3,(H,19,20). The normalized spacial score (nSPS) is 12.7. The SMILES string of the molecule is Cc1nc(CCOCC(F)F)nc(C)c1CC(C)C(=O)O. The van der Waals surface area contributed by atoms with Gasteiger partial charge in [-0.05, 0) is 25.8 Å². The maximum atomic E-state index is 11.9. The van der Waals surface area contributed by atoms with Crippen molar-refractivity contribution in [3.63, 3.8) is 0 Å². The zero-order chi connectivity index (χ0) is 16.0. The number of aromatic nitrogens is 2. The summed E-state index contributed by atoms with van der Waals surface area (Å²) < 4.78 is 28.6. The summed E-state index contributed by atoms with van der Waals surface area (Å²) in [5.41, 5.74) is 2.26. The minimum absolute atomic E-state index is 0.133. The number of rotatable bonds is 8. The van der Waals surface area contributed by atoms with E-state index in [4.69, 9.17) is 9.84 Å². The Kier molecular flexibility index (Phi) is 6.61. The van der Waals surface area contributed by atoms with E-state index in [1.807, 2.05) is 0 Å². The number of halogens is 2. The molecule has 0 spiro atoms. The van der Waals surface area contributed by atoms with Gasteiger partial charge in [-0.15, -0.1) is 0 Å². The molecule has 1 N–H and O–H groups in total. The molecule has 0 bridgehead atoms. The van der Waals surface area contributed by atoms with Gasteiger partial charge in [0.15, 0.2) is 0 Å².